The summed E-state index contributed by atoms with van der Waals surface area (Å²) in [7, 11) is 5.81. The van der Waals surface area contributed by atoms with E-state index >= 15 is 0 Å². The fourth-order valence-corrected chi connectivity index (χ4v) is 4.05. The number of nitrogens with zero attached hydrogens (tertiary/aromatic N) is 1. The molecule has 1 unspecified atom stereocenters. The molecule has 0 aliphatic carbocycles. The van der Waals surface area contributed by atoms with Gasteiger partial charge in [0.05, 0.1) is 13.2 Å². The van der Waals surface area contributed by atoms with E-state index in [4.69, 9.17) is 27.5 Å². The minimum atomic E-state index is -2.50. The van der Waals surface area contributed by atoms with Gasteiger partial charge in [-0.15, -0.1) is 0 Å². The topological polar surface area (TPSA) is 58.6 Å². The maximum absolute atomic E-state index is 6.05. The van der Waals surface area contributed by atoms with Crippen LogP contribution >= 0.6 is 0 Å². The van der Waals surface area contributed by atoms with Crippen LogP contribution in [0.1, 0.15) is 19.8 Å². The summed E-state index contributed by atoms with van der Waals surface area (Å²) in [5, 5.41) is 0. The average Bonchev–Trinajstić information content (AvgIpc) is 2.60. The summed E-state index contributed by atoms with van der Waals surface area (Å²) in [6.45, 7) is 5.76. The van der Waals surface area contributed by atoms with Crippen LogP contribution in [0.5, 0.6) is 0 Å². The van der Waals surface area contributed by atoms with Gasteiger partial charge < -0.3 is 27.5 Å². The summed E-state index contributed by atoms with van der Waals surface area (Å²) in [5.41, 5.74) is 0. The van der Waals surface area contributed by atoms with Crippen molar-refractivity contribution >= 4 is 8.80 Å². The first-order chi connectivity index (χ1) is 11.1. The van der Waals surface area contributed by atoms with Crippen molar-refractivity contribution in [1.29, 1.82) is 0 Å². The predicted molar refractivity (Wildman–Crippen MR) is 91.6 cm³/mol. The van der Waals surface area contributed by atoms with Crippen molar-refractivity contribution in [2.45, 2.75) is 32.0 Å². The van der Waals surface area contributed by atoms with Crippen LogP contribution in [0.3, 0.4) is 0 Å². The molecule has 0 fully saturated rings. The largest absolute Gasteiger partial charge is 0.500 e. The van der Waals surface area contributed by atoms with Gasteiger partial charge in [0.25, 0.3) is 0 Å². The zero-order valence-electron chi connectivity index (χ0n) is 15.6. The van der Waals surface area contributed by atoms with Gasteiger partial charge in [0.1, 0.15) is 6.23 Å². The SMILES string of the molecule is CCC(OCCC[Si](OC)(OC)OC)N(CCOC)CCOC. The first kappa shape index (κ1) is 22.9. The smallest absolute Gasteiger partial charge is 0.383 e. The third-order valence-corrected chi connectivity index (χ3v) is 6.62. The molecule has 140 valence electrons. The van der Waals surface area contributed by atoms with Crippen molar-refractivity contribution in [3.05, 3.63) is 0 Å². The molecular weight excluding hydrogens is 318 g/mol. The quantitative estimate of drug-likeness (QED) is 0.237. The van der Waals surface area contributed by atoms with Crippen molar-refractivity contribution in [3.63, 3.8) is 0 Å². The van der Waals surface area contributed by atoms with Gasteiger partial charge in [-0.1, -0.05) is 6.92 Å². The Morgan fingerprint density at radius 1 is 0.826 bits per heavy atom. The Morgan fingerprint density at radius 2 is 1.35 bits per heavy atom. The van der Waals surface area contributed by atoms with E-state index in [1.807, 2.05) is 0 Å². The summed E-state index contributed by atoms with van der Waals surface area (Å²) in [6.07, 6.45) is 1.80. The zero-order valence-corrected chi connectivity index (χ0v) is 16.6. The monoisotopic (exact) mass is 353 g/mol. The molecule has 0 aliphatic rings. The fourth-order valence-electron chi connectivity index (χ4n) is 2.36. The van der Waals surface area contributed by atoms with Gasteiger partial charge >= 0.3 is 8.80 Å². The normalized spacial score (nSPS) is 13.7. The lowest BCUT2D eigenvalue weighted by Crippen LogP contribution is -2.43. The Morgan fingerprint density at radius 3 is 1.74 bits per heavy atom. The van der Waals surface area contributed by atoms with E-state index in [0.717, 1.165) is 32.0 Å². The molecule has 0 aromatic heterocycles. The minimum Gasteiger partial charge on any atom is -0.383 e. The molecule has 0 amide bonds. The van der Waals surface area contributed by atoms with E-state index in [1.165, 1.54) is 0 Å². The van der Waals surface area contributed by atoms with Crippen molar-refractivity contribution in [2.24, 2.45) is 0 Å². The molecule has 7 nitrogen and oxygen atoms in total. The highest BCUT2D eigenvalue weighted by atomic mass is 28.4. The highest BCUT2D eigenvalue weighted by molar-refractivity contribution is 6.60. The minimum absolute atomic E-state index is 0.0593. The third kappa shape index (κ3) is 9.11. The number of hydrogen-bond donors (Lipinski definition) is 0. The third-order valence-electron chi connectivity index (χ3n) is 3.79. The average molecular weight is 354 g/mol. The molecule has 0 saturated carbocycles. The number of rotatable bonds is 16. The van der Waals surface area contributed by atoms with Crippen LogP contribution in [-0.4, -0.2) is 88.4 Å². The second kappa shape index (κ2) is 14.3. The lowest BCUT2D eigenvalue weighted by atomic mass is 10.3. The molecule has 0 aromatic rings. The lowest BCUT2D eigenvalue weighted by molar-refractivity contribution is -0.0748. The molecule has 1 atom stereocenters. The van der Waals surface area contributed by atoms with Crippen LogP contribution in [0, 0.1) is 0 Å². The molecule has 0 aromatic carbocycles. The molecule has 0 radical (unpaired) electrons. The molecule has 0 bridgehead atoms. The summed E-state index contributed by atoms with van der Waals surface area (Å²) >= 11 is 0. The molecule has 0 aliphatic heterocycles. The van der Waals surface area contributed by atoms with Gasteiger partial charge in [-0.2, -0.15) is 0 Å². The van der Waals surface area contributed by atoms with Crippen LogP contribution in [0.25, 0.3) is 0 Å². The standard InChI is InChI=1S/C15H35NO6Si/c1-7-15(16(9-12-17-2)10-13-18-3)22-11-8-14-23(19-4,20-5)21-6/h15H,7-14H2,1-6H3. The second-order valence-corrected chi connectivity index (χ2v) is 8.24. The van der Waals surface area contributed by atoms with Crippen molar-refractivity contribution in [1.82, 2.24) is 4.90 Å². The molecule has 8 heteroatoms. The fraction of sp³-hybridized carbons (Fsp3) is 1.00. The van der Waals surface area contributed by atoms with Crippen LogP contribution in [0.2, 0.25) is 6.04 Å². The molecule has 0 saturated heterocycles. The molecule has 0 spiro atoms. The van der Waals surface area contributed by atoms with Crippen LogP contribution in [0.15, 0.2) is 0 Å². The van der Waals surface area contributed by atoms with Gasteiger partial charge in [0, 0.05) is 61.3 Å². The van der Waals surface area contributed by atoms with Crippen LogP contribution < -0.4 is 0 Å². The first-order valence-corrected chi connectivity index (χ1v) is 10.0. The highest BCUT2D eigenvalue weighted by Gasteiger charge is 2.37. The molecule has 0 rings (SSSR count). The van der Waals surface area contributed by atoms with E-state index in [9.17, 15) is 0 Å². The Labute approximate surface area is 142 Å². The number of methoxy groups -OCH3 is 2. The van der Waals surface area contributed by atoms with E-state index in [2.05, 4.69) is 11.8 Å². The van der Waals surface area contributed by atoms with Gasteiger partial charge in [0.2, 0.25) is 0 Å². The molecule has 0 N–H and O–H groups in total. The first-order valence-electron chi connectivity index (χ1n) is 8.11. The van der Waals surface area contributed by atoms with Gasteiger partial charge in [-0.25, -0.2) is 0 Å². The van der Waals surface area contributed by atoms with Crippen molar-refractivity contribution < 1.29 is 27.5 Å². The Kier molecular flexibility index (Phi) is 14.3. The Bertz CT molecular complexity index is 252. The molecular formula is C15H35NO6Si. The Balaban J connectivity index is 4.32. The maximum atomic E-state index is 6.05. The van der Waals surface area contributed by atoms with Gasteiger partial charge in [0.15, 0.2) is 0 Å². The zero-order chi connectivity index (χ0) is 17.6. The van der Waals surface area contributed by atoms with E-state index in [-0.39, 0.29) is 6.23 Å². The van der Waals surface area contributed by atoms with Crippen molar-refractivity contribution in [3.8, 4) is 0 Å². The van der Waals surface area contributed by atoms with E-state index in [1.54, 1.807) is 35.5 Å². The lowest BCUT2D eigenvalue weighted by Gasteiger charge is -2.31. The van der Waals surface area contributed by atoms with Gasteiger partial charge in [-0.3, -0.25) is 4.90 Å². The van der Waals surface area contributed by atoms with E-state index < -0.39 is 8.80 Å². The van der Waals surface area contributed by atoms with E-state index in [0.29, 0.717) is 19.8 Å². The Hall–Kier alpha value is -0.0631. The molecule has 23 heavy (non-hydrogen) atoms. The highest BCUT2D eigenvalue weighted by Crippen LogP contribution is 2.16. The second-order valence-electron chi connectivity index (χ2n) is 5.15. The van der Waals surface area contributed by atoms with Crippen molar-refractivity contribution in [2.75, 3.05) is 68.5 Å². The number of hydrogen-bond acceptors (Lipinski definition) is 7. The summed E-state index contributed by atoms with van der Waals surface area (Å²) in [5.74, 6) is 0. The summed E-state index contributed by atoms with van der Waals surface area (Å²) in [4.78, 5) is 2.25. The van der Waals surface area contributed by atoms with Crippen LogP contribution in [-0.2, 0) is 27.5 Å². The summed E-state index contributed by atoms with van der Waals surface area (Å²) < 4.78 is 32.7. The number of ether oxygens (including phenoxy) is 3. The summed E-state index contributed by atoms with van der Waals surface area (Å²) in [6, 6.07) is 0.739. The van der Waals surface area contributed by atoms with Crippen LogP contribution in [0.4, 0.5) is 0 Å². The predicted octanol–water partition coefficient (Wildman–Crippen LogP) is 1.60. The molecule has 0 heterocycles. The maximum Gasteiger partial charge on any atom is 0.500 e. The van der Waals surface area contributed by atoms with Gasteiger partial charge in [-0.05, 0) is 12.8 Å².